The van der Waals surface area contributed by atoms with E-state index in [0.717, 1.165) is 74.5 Å². The normalized spacial score (nSPS) is 17.3. The molecule has 1 aliphatic heterocycles. The molecule has 5 nitrogen and oxygen atoms in total. The average Bonchev–Trinajstić information content (AvgIpc) is 2.89. The average molecular weight is 380 g/mol. The zero-order valence-electron chi connectivity index (χ0n) is 16.7. The van der Waals surface area contributed by atoms with Gasteiger partial charge in [-0.2, -0.15) is 0 Å². The van der Waals surface area contributed by atoms with Crippen LogP contribution in [0.3, 0.4) is 0 Å². The number of hydrogen-bond donors (Lipinski definition) is 1. The highest BCUT2D eigenvalue weighted by Crippen LogP contribution is 2.31. The summed E-state index contributed by atoms with van der Waals surface area (Å²) in [6.45, 7) is 6.18. The van der Waals surface area contributed by atoms with Crippen LogP contribution in [0.1, 0.15) is 52.1 Å². The summed E-state index contributed by atoms with van der Waals surface area (Å²) in [6, 6.07) is 10.3. The molecule has 2 aromatic rings. The minimum Gasteiger partial charge on any atom is -0.343 e. The van der Waals surface area contributed by atoms with Crippen LogP contribution in [0.2, 0.25) is 0 Å². The topological polar surface area (TPSA) is 54.3 Å². The fourth-order valence-electron chi connectivity index (χ4n) is 4.54. The summed E-state index contributed by atoms with van der Waals surface area (Å²) in [5.41, 5.74) is 5.21. The largest absolute Gasteiger partial charge is 0.343 e. The van der Waals surface area contributed by atoms with Crippen LogP contribution < -0.4 is 5.32 Å². The lowest BCUT2D eigenvalue weighted by Gasteiger charge is -2.20. The number of benzene rings is 1. The van der Waals surface area contributed by atoms with E-state index < -0.39 is 0 Å². The molecule has 2 aliphatic rings. The molecule has 1 aromatic carbocycles. The number of nitrogens with zero attached hydrogens (tertiary/aromatic N) is 2. The number of fused-ring (bicyclic) bond motifs is 1. The second-order valence-electron chi connectivity index (χ2n) is 7.90. The molecule has 5 heteroatoms. The third-order valence-corrected chi connectivity index (χ3v) is 6.06. The molecule has 2 heterocycles. The van der Waals surface area contributed by atoms with Gasteiger partial charge in [-0.05, 0) is 43.9 Å². The lowest BCUT2D eigenvalue weighted by Crippen LogP contribution is -2.35. The molecule has 0 unspecified atom stereocenters. The van der Waals surface area contributed by atoms with E-state index in [-0.39, 0.29) is 11.7 Å². The van der Waals surface area contributed by atoms with Gasteiger partial charge in [0.1, 0.15) is 0 Å². The predicted octanol–water partition coefficient (Wildman–Crippen LogP) is 2.73. The number of rotatable bonds is 4. The van der Waals surface area contributed by atoms with Crippen molar-refractivity contribution in [2.75, 3.05) is 26.2 Å². The first-order valence-electron chi connectivity index (χ1n) is 10.4. The second-order valence-corrected chi connectivity index (χ2v) is 7.90. The van der Waals surface area contributed by atoms with E-state index in [0.29, 0.717) is 12.8 Å². The molecule has 0 saturated carbocycles. The molecule has 28 heavy (non-hydrogen) atoms. The maximum Gasteiger partial charge on any atom is 0.227 e. The van der Waals surface area contributed by atoms with Gasteiger partial charge in [-0.25, -0.2) is 0 Å². The molecule has 1 fully saturated rings. The van der Waals surface area contributed by atoms with E-state index in [1.807, 2.05) is 23.1 Å². The Labute approximate surface area is 166 Å². The Morgan fingerprint density at radius 1 is 1.07 bits per heavy atom. The number of carbonyl (C=O) groups excluding carboxylic acids is 2. The van der Waals surface area contributed by atoms with Crippen LogP contribution in [-0.2, 0) is 24.2 Å². The molecular weight excluding hydrogens is 350 g/mol. The SMILES string of the molecule is Cc1c(CC(=O)N2CCCNCC2)c2c(n1Cc1ccccc1)CCCC2=O. The molecule has 0 bridgehead atoms. The minimum absolute atomic E-state index is 0.143. The Bertz CT molecular complexity index is 862. The van der Waals surface area contributed by atoms with Gasteiger partial charge in [0.25, 0.3) is 0 Å². The number of aromatic nitrogens is 1. The van der Waals surface area contributed by atoms with E-state index in [9.17, 15) is 9.59 Å². The van der Waals surface area contributed by atoms with Gasteiger partial charge in [0, 0.05) is 49.6 Å². The molecule has 1 aliphatic carbocycles. The number of Topliss-reactive ketones (excluding diaryl/α,β-unsaturated/α-hetero) is 1. The fourth-order valence-corrected chi connectivity index (χ4v) is 4.54. The quantitative estimate of drug-likeness (QED) is 0.889. The van der Waals surface area contributed by atoms with Crippen LogP contribution in [0.4, 0.5) is 0 Å². The van der Waals surface area contributed by atoms with Crippen molar-refractivity contribution in [3.63, 3.8) is 0 Å². The van der Waals surface area contributed by atoms with E-state index >= 15 is 0 Å². The zero-order chi connectivity index (χ0) is 19.5. The molecule has 0 atom stereocenters. The Balaban J connectivity index is 1.66. The number of hydrogen-bond acceptors (Lipinski definition) is 3. The molecule has 4 rings (SSSR count). The van der Waals surface area contributed by atoms with Crippen LogP contribution in [0.5, 0.6) is 0 Å². The highest BCUT2D eigenvalue weighted by atomic mass is 16.2. The van der Waals surface area contributed by atoms with Crippen molar-refractivity contribution in [2.45, 2.75) is 45.6 Å². The van der Waals surface area contributed by atoms with E-state index in [4.69, 9.17) is 0 Å². The standard InChI is InChI=1S/C23H29N3O2/c1-17-19(15-22(28)25-13-6-11-24-12-14-25)23-20(9-5-10-21(23)27)26(17)16-18-7-3-2-4-8-18/h2-4,7-8,24H,5-6,9-16H2,1H3. The fraction of sp³-hybridized carbons (Fsp3) is 0.478. The lowest BCUT2D eigenvalue weighted by atomic mass is 9.92. The summed E-state index contributed by atoms with van der Waals surface area (Å²) < 4.78 is 2.27. The number of nitrogens with one attached hydrogen (secondary N) is 1. The molecule has 148 valence electrons. The van der Waals surface area contributed by atoms with Crippen LogP contribution in [0.15, 0.2) is 30.3 Å². The van der Waals surface area contributed by atoms with Gasteiger partial charge in [-0.15, -0.1) is 0 Å². The predicted molar refractivity (Wildman–Crippen MR) is 110 cm³/mol. The summed E-state index contributed by atoms with van der Waals surface area (Å²) in [4.78, 5) is 27.8. The molecule has 1 N–H and O–H groups in total. The summed E-state index contributed by atoms with van der Waals surface area (Å²) >= 11 is 0. The highest BCUT2D eigenvalue weighted by molar-refractivity contribution is 6.01. The van der Waals surface area contributed by atoms with Crippen molar-refractivity contribution in [3.8, 4) is 0 Å². The van der Waals surface area contributed by atoms with Crippen molar-refractivity contribution < 1.29 is 9.59 Å². The van der Waals surface area contributed by atoms with Gasteiger partial charge in [-0.3, -0.25) is 9.59 Å². The van der Waals surface area contributed by atoms with Gasteiger partial charge >= 0.3 is 0 Å². The van der Waals surface area contributed by atoms with Gasteiger partial charge in [0.15, 0.2) is 5.78 Å². The third-order valence-electron chi connectivity index (χ3n) is 6.06. The van der Waals surface area contributed by atoms with Crippen molar-refractivity contribution in [2.24, 2.45) is 0 Å². The minimum atomic E-state index is 0.143. The molecule has 0 spiro atoms. The number of ketones is 1. The molecule has 1 amide bonds. The van der Waals surface area contributed by atoms with E-state index in [2.05, 4.69) is 28.9 Å². The Kier molecular flexibility index (Phi) is 5.62. The highest BCUT2D eigenvalue weighted by Gasteiger charge is 2.30. The Morgan fingerprint density at radius 2 is 1.89 bits per heavy atom. The Hall–Kier alpha value is -2.40. The number of carbonyl (C=O) groups is 2. The molecular formula is C23H29N3O2. The first-order valence-corrected chi connectivity index (χ1v) is 10.4. The van der Waals surface area contributed by atoms with Crippen LogP contribution in [0.25, 0.3) is 0 Å². The summed E-state index contributed by atoms with van der Waals surface area (Å²) in [6.07, 6.45) is 3.72. The second kappa shape index (κ2) is 8.31. The van der Waals surface area contributed by atoms with Gasteiger partial charge < -0.3 is 14.8 Å². The Morgan fingerprint density at radius 3 is 2.71 bits per heavy atom. The van der Waals surface area contributed by atoms with E-state index in [1.54, 1.807) is 0 Å². The smallest absolute Gasteiger partial charge is 0.227 e. The van der Waals surface area contributed by atoms with Gasteiger partial charge in [0.2, 0.25) is 5.91 Å². The van der Waals surface area contributed by atoms with Crippen molar-refractivity contribution in [1.82, 2.24) is 14.8 Å². The third kappa shape index (κ3) is 3.76. The van der Waals surface area contributed by atoms with Crippen molar-refractivity contribution in [3.05, 3.63) is 58.4 Å². The summed E-state index contributed by atoms with van der Waals surface area (Å²) in [5, 5.41) is 3.34. The zero-order valence-corrected chi connectivity index (χ0v) is 16.7. The first-order chi connectivity index (χ1) is 13.6. The van der Waals surface area contributed by atoms with Crippen molar-refractivity contribution in [1.29, 1.82) is 0 Å². The lowest BCUT2D eigenvalue weighted by molar-refractivity contribution is -0.130. The summed E-state index contributed by atoms with van der Waals surface area (Å²) in [5.74, 6) is 0.348. The van der Waals surface area contributed by atoms with Crippen LogP contribution >= 0.6 is 0 Å². The van der Waals surface area contributed by atoms with Crippen molar-refractivity contribution >= 4 is 11.7 Å². The summed E-state index contributed by atoms with van der Waals surface area (Å²) in [7, 11) is 0. The van der Waals surface area contributed by atoms with Crippen LogP contribution in [-0.4, -0.2) is 47.3 Å². The number of amides is 1. The first kappa shape index (κ1) is 18.9. The maximum absolute atomic E-state index is 13.0. The molecule has 1 aromatic heterocycles. The van der Waals surface area contributed by atoms with Gasteiger partial charge in [-0.1, -0.05) is 30.3 Å². The van der Waals surface area contributed by atoms with Crippen LogP contribution in [0, 0.1) is 6.92 Å². The van der Waals surface area contributed by atoms with Gasteiger partial charge in [0.05, 0.1) is 6.42 Å². The van der Waals surface area contributed by atoms with E-state index in [1.165, 1.54) is 5.56 Å². The maximum atomic E-state index is 13.0. The molecule has 1 saturated heterocycles. The molecule has 0 radical (unpaired) electrons. The monoisotopic (exact) mass is 379 g/mol.